The topological polar surface area (TPSA) is 40.6 Å². The lowest BCUT2D eigenvalue weighted by atomic mass is 9.86. The lowest BCUT2D eigenvalue weighted by Crippen LogP contribution is -2.49. The molecule has 0 N–H and O–H groups in total. The standard InChI is InChI=1S/C32H28ClFN2O2/c1-2-31(37)35(26-18-14-24(33)15-19-26)30-21-27(20-22-8-4-3-5-9-22)36(29-11-7-6-10-28(29)30)32(38)23-12-16-25(34)17-13-23/h3-19,27,30H,2,20-21H2,1H3/t27-,30+/m0/s1. The molecule has 2 amide bonds. The first-order valence-electron chi connectivity index (χ1n) is 12.8. The Balaban J connectivity index is 1.64. The minimum Gasteiger partial charge on any atom is -0.305 e. The quantitative estimate of drug-likeness (QED) is 0.259. The Morgan fingerprint density at radius 2 is 1.55 bits per heavy atom. The number of fused-ring (bicyclic) bond motifs is 1. The van der Waals surface area contributed by atoms with Gasteiger partial charge in [-0.1, -0.05) is 67.1 Å². The Kier molecular flexibility index (Phi) is 7.57. The third-order valence-electron chi connectivity index (χ3n) is 7.03. The maximum absolute atomic E-state index is 14.0. The molecule has 1 aliphatic rings. The van der Waals surface area contributed by atoms with Gasteiger partial charge in [-0.3, -0.25) is 9.59 Å². The van der Waals surface area contributed by atoms with Crippen molar-refractivity contribution in [1.29, 1.82) is 0 Å². The average Bonchev–Trinajstić information content (AvgIpc) is 2.94. The van der Waals surface area contributed by atoms with E-state index in [4.69, 9.17) is 11.6 Å². The van der Waals surface area contributed by atoms with Crippen LogP contribution in [0.1, 0.15) is 47.3 Å². The first kappa shape index (κ1) is 25.7. The number of carbonyl (C=O) groups is 2. The molecule has 192 valence electrons. The Hall–Kier alpha value is -3.96. The van der Waals surface area contributed by atoms with Crippen molar-refractivity contribution in [3.8, 4) is 0 Å². The number of hydrogen-bond acceptors (Lipinski definition) is 2. The third kappa shape index (κ3) is 5.20. The van der Waals surface area contributed by atoms with Gasteiger partial charge >= 0.3 is 0 Å². The van der Waals surface area contributed by atoms with Crippen molar-refractivity contribution in [2.24, 2.45) is 0 Å². The van der Waals surface area contributed by atoms with Gasteiger partial charge in [0, 0.05) is 34.4 Å². The van der Waals surface area contributed by atoms with Crippen LogP contribution in [0.3, 0.4) is 0 Å². The molecule has 2 atom stereocenters. The molecule has 0 aromatic heterocycles. The molecular weight excluding hydrogens is 499 g/mol. The Bertz CT molecular complexity index is 1420. The highest BCUT2D eigenvalue weighted by molar-refractivity contribution is 6.30. The van der Waals surface area contributed by atoms with Gasteiger partial charge in [-0.05, 0) is 78.6 Å². The number of halogens is 2. The Labute approximate surface area is 227 Å². The summed E-state index contributed by atoms with van der Waals surface area (Å²) >= 11 is 6.16. The van der Waals surface area contributed by atoms with E-state index in [2.05, 4.69) is 0 Å². The van der Waals surface area contributed by atoms with E-state index in [0.29, 0.717) is 29.8 Å². The van der Waals surface area contributed by atoms with Crippen LogP contribution in [0.25, 0.3) is 0 Å². The fourth-order valence-corrected chi connectivity index (χ4v) is 5.38. The highest BCUT2D eigenvalue weighted by Gasteiger charge is 2.40. The lowest BCUT2D eigenvalue weighted by Gasteiger charge is -2.45. The van der Waals surface area contributed by atoms with Gasteiger partial charge in [-0.15, -0.1) is 0 Å². The van der Waals surface area contributed by atoms with E-state index < -0.39 is 5.82 Å². The summed E-state index contributed by atoms with van der Waals surface area (Å²) in [6, 6.07) is 30.2. The van der Waals surface area contributed by atoms with Crippen molar-refractivity contribution in [3.05, 3.63) is 131 Å². The summed E-state index contributed by atoms with van der Waals surface area (Å²) < 4.78 is 13.7. The minimum atomic E-state index is -0.391. The summed E-state index contributed by atoms with van der Waals surface area (Å²) in [5.74, 6) is -0.598. The van der Waals surface area contributed by atoms with Gasteiger partial charge in [0.05, 0.1) is 6.04 Å². The molecule has 4 aromatic rings. The normalized spacial score (nSPS) is 16.6. The van der Waals surface area contributed by atoms with E-state index >= 15 is 0 Å². The van der Waals surface area contributed by atoms with Crippen LogP contribution in [0, 0.1) is 5.82 Å². The summed E-state index contributed by atoms with van der Waals surface area (Å²) in [6.07, 6.45) is 1.48. The number of amides is 2. The molecule has 0 saturated carbocycles. The van der Waals surface area contributed by atoms with Crippen molar-refractivity contribution < 1.29 is 14.0 Å². The first-order chi connectivity index (χ1) is 18.5. The van der Waals surface area contributed by atoms with Gasteiger partial charge in [0.15, 0.2) is 0 Å². The maximum atomic E-state index is 14.0. The molecule has 0 radical (unpaired) electrons. The molecular formula is C32H28ClFN2O2. The molecule has 0 saturated heterocycles. The van der Waals surface area contributed by atoms with Crippen LogP contribution >= 0.6 is 11.6 Å². The molecule has 0 unspecified atom stereocenters. The Morgan fingerprint density at radius 1 is 0.895 bits per heavy atom. The summed E-state index contributed by atoms with van der Waals surface area (Å²) in [5, 5.41) is 0.597. The number of benzene rings is 4. The molecule has 5 rings (SSSR count). The minimum absolute atomic E-state index is 0.0103. The van der Waals surface area contributed by atoms with Crippen LogP contribution in [0.5, 0.6) is 0 Å². The maximum Gasteiger partial charge on any atom is 0.258 e. The third-order valence-corrected chi connectivity index (χ3v) is 7.28. The molecule has 38 heavy (non-hydrogen) atoms. The Morgan fingerprint density at radius 3 is 2.24 bits per heavy atom. The van der Waals surface area contributed by atoms with E-state index in [-0.39, 0.29) is 23.9 Å². The smallest absolute Gasteiger partial charge is 0.258 e. The van der Waals surface area contributed by atoms with E-state index in [1.807, 2.05) is 83.5 Å². The number of nitrogens with zero attached hydrogens (tertiary/aromatic N) is 2. The summed E-state index contributed by atoms with van der Waals surface area (Å²) in [6.45, 7) is 1.85. The molecule has 0 fully saturated rings. The second-order valence-corrected chi connectivity index (χ2v) is 9.87. The van der Waals surface area contributed by atoms with Crippen LogP contribution in [0.15, 0.2) is 103 Å². The van der Waals surface area contributed by atoms with Crippen LogP contribution in [0.2, 0.25) is 5.02 Å². The van der Waals surface area contributed by atoms with Crippen molar-refractivity contribution in [1.82, 2.24) is 0 Å². The second kappa shape index (κ2) is 11.2. The highest BCUT2D eigenvalue weighted by atomic mass is 35.5. The van der Waals surface area contributed by atoms with E-state index in [1.165, 1.54) is 24.3 Å². The van der Waals surface area contributed by atoms with Gasteiger partial charge in [-0.25, -0.2) is 4.39 Å². The molecule has 4 aromatic carbocycles. The highest BCUT2D eigenvalue weighted by Crippen LogP contribution is 2.44. The zero-order valence-corrected chi connectivity index (χ0v) is 21.8. The van der Waals surface area contributed by atoms with E-state index in [1.54, 1.807) is 12.1 Å². The monoisotopic (exact) mass is 526 g/mol. The van der Waals surface area contributed by atoms with Crippen molar-refractivity contribution in [2.75, 3.05) is 9.80 Å². The molecule has 0 bridgehead atoms. The molecule has 1 heterocycles. The number of carbonyl (C=O) groups excluding carboxylic acids is 2. The number of hydrogen-bond donors (Lipinski definition) is 0. The van der Waals surface area contributed by atoms with Gasteiger partial charge in [0.1, 0.15) is 5.82 Å². The average molecular weight is 527 g/mol. The zero-order chi connectivity index (χ0) is 26.6. The SMILES string of the molecule is CCC(=O)N(c1ccc(Cl)cc1)[C@@H]1C[C@H](Cc2ccccc2)N(C(=O)c2ccc(F)cc2)c2ccccc21. The van der Waals surface area contributed by atoms with E-state index in [9.17, 15) is 14.0 Å². The van der Waals surface area contributed by atoms with Gasteiger partial charge in [0.2, 0.25) is 5.91 Å². The molecule has 0 spiro atoms. The second-order valence-electron chi connectivity index (χ2n) is 9.43. The van der Waals surface area contributed by atoms with Crippen LogP contribution in [-0.2, 0) is 11.2 Å². The molecule has 4 nitrogen and oxygen atoms in total. The fraction of sp³-hybridized carbons (Fsp3) is 0.188. The van der Waals surface area contributed by atoms with Gasteiger partial charge < -0.3 is 9.80 Å². The lowest BCUT2D eigenvalue weighted by molar-refractivity contribution is -0.118. The van der Waals surface area contributed by atoms with Gasteiger partial charge in [-0.2, -0.15) is 0 Å². The number of anilines is 2. The molecule has 1 aliphatic heterocycles. The largest absolute Gasteiger partial charge is 0.305 e. The zero-order valence-electron chi connectivity index (χ0n) is 21.1. The number of para-hydroxylation sites is 1. The predicted molar refractivity (Wildman–Crippen MR) is 150 cm³/mol. The first-order valence-corrected chi connectivity index (χ1v) is 13.1. The molecule has 6 heteroatoms. The fourth-order valence-electron chi connectivity index (χ4n) is 5.26. The van der Waals surface area contributed by atoms with Crippen molar-refractivity contribution in [3.63, 3.8) is 0 Å². The summed E-state index contributed by atoms with van der Waals surface area (Å²) in [4.78, 5) is 31.0. The van der Waals surface area contributed by atoms with Gasteiger partial charge in [0.25, 0.3) is 5.91 Å². The molecule has 0 aliphatic carbocycles. The van der Waals surface area contributed by atoms with Crippen molar-refractivity contribution in [2.45, 2.75) is 38.3 Å². The van der Waals surface area contributed by atoms with Crippen molar-refractivity contribution >= 4 is 34.8 Å². The van der Waals surface area contributed by atoms with Crippen LogP contribution in [0.4, 0.5) is 15.8 Å². The summed E-state index contributed by atoms with van der Waals surface area (Å²) in [5.41, 5.74) is 3.91. The van der Waals surface area contributed by atoms with Crippen LogP contribution < -0.4 is 9.80 Å². The number of rotatable bonds is 6. The van der Waals surface area contributed by atoms with E-state index in [0.717, 1.165) is 22.5 Å². The van der Waals surface area contributed by atoms with Crippen LogP contribution in [-0.4, -0.2) is 17.9 Å². The predicted octanol–water partition coefficient (Wildman–Crippen LogP) is 7.63. The summed E-state index contributed by atoms with van der Waals surface area (Å²) in [7, 11) is 0.